The summed E-state index contributed by atoms with van der Waals surface area (Å²) in [5.41, 5.74) is 4.59. The fraction of sp³-hybridized carbons (Fsp3) is 0.458. The fourth-order valence-corrected chi connectivity index (χ4v) is 3.25. The maximum Gasteiger partial charge on any atom is 0.123 e. The second kappa shape index (κ2) is 7.16. The Balaban J connectivity index is 2.68. The number of phenolic OH excluding ortho intramolecular Hbond substituents is 1. The molecule has 0 saturated heterocycles. The van der Waals surface area contributed by atoms with Gasteiger partial charge in [0.15, 0.2) is 0 Å². The number of aromatic hydroxyl groups is 1. The second-order valence-corrected chi connectivity index (χ2v) is 9.12. The largest absolute Gasteiger partial charge is 0.507 e. The van der Waals surface area contributed by atoms with Crippen LogP contribution in [0.4, 0.5) is 0 Å². The third kappa shape index (κ3) is 4.10. The van der Waals surface area contributed by atoms with E-state index in [2.05, 4.69) is 66.7 Å². The maximum absolute atomic E-state index is 10.9. The lowest BCUT2D eigenvalue weighted by molar-refractivity contribution is 0.422. The average Bonchev–Trinajstić information content (AvgIpc) is 2.55. The first-order chi connectivity index (χ1) is 12.0. The molecule has 0 aliphatic carbocycles. The zero-order valence-corrected chi connectivity index (χ0v) is 17.1. The lowest BCUT2D eigenvalue weighted by Crippen LogP contribution is -2.18. The van der Waals surface area contributed by atoms with E-state index in [1.165, 1.54) is 5.56 Å². The van der Waals surface area contributed by atoms with Crippen molar-refractivity contribution in [2.24, 2.45) is 0 Å². The highest BCUT2D eigenvalue weighted by Crippen LogP contribution is 2.42. The van der Waals surface area contributed by atoms with E-state index >= 15 is 0 Å². The van der Waals surface area contributed by atoms with Gasteiger partial charge in [0.05, 0.1) is 12.0 Å². The predicted molar refractivity (Wildman–Crippen MR) is 109 cm³/mol. The molecule has 2 nitrogen and oxygen atoms in total. The summed E-state index contributed by atoms with van der Waals surface area (Å²) >= 11 is 0. The van der Waals surface area contributed by atoms with Crippen LogP contribution in [0.2, 0.25) is 0 Å². The summed E-state index contributed by atoms with van der Waals surface area (Å²) in [5.74, 6) is 0.00970. The highest BCUT2D eigenvalue weighted by molar-refractivity contribution is 5.53. The van der Waals surface area contributed by atoms with Crippen molar-refractivity contribution in [3.05, 3.63) is 64.2 Å². The Morgan fingerprint density at radius 3 is 1.69 bits per heavy atom. The highest BCUT2D eigenvalue weighted by atomic mass is 16.3. The average molecular weight is 350 g/mol. The smallest absolute Gasteiger partial charge is 0.123 e. The van der Waals surface area contributed by atoms with E-state index in [0.29, 0.717) is 5.75 Å². The molecule has 138 valence electrons. The minimum Gasteiger partial charge on any atom is -0.507 e. The van der Waals surface area contributed by atoms with Gasteiger partial charge in [0, 0.05) is 0 Å². The van der Waals surface area contributed by atoms with Crippen LogP contribution < -0.4 is 0 Å². The molecule has 0 bridgehead atoms. The van der Waals surface area contributed by atoms with Gasteiger partial charge in [-0.15, -0.1) is 0 Å². The van der Waals surface area contributed by atoms with E-state index in [4.69, 9.17) is 0 Å². The first-order valence-corrected chi connectivity index (χ1v) is 9.35. The third-order valence-corrected chi connectivity index (χ3v) is 4.93. The summed E-state index contributed by atoms with van der Waals surface area (Å²) < 4.78 is 0. The van der Waals surface area contributed by atoms with Crippen molar-refractivity contribution >= 4 is 0 Å². The Labute approximate surface area is 158 Å². The topological polar surface area (TPSA) is 44.0 Å². The van der Waals surface area contributed by atoms with Crippen LogP contribution in [-0.2, 0) is 17.3 Å². The van der Waals surface area contributed by atoms with Crippen molar-refractivity contribution in [3.63, 3.8) is 0 Å². The lowest BCUT2D eigenvalue weighted by Gasteiger charge is -2.29. The van der Waals surface area contributed by atoms with Gasteiger partial charge in [0.2, 0.25) is 0 Å². The molecular weight excluding hydrogens is 318 g/mol. The SMILES string of the molecule is CCc1ccc(C(C#N)c2cc(C(C)(C)C)c(O)c(C(C)(C)C)c2)cc1. The van der Waals surface area contributed by atoms with Gasteiger partial charge < -0.3 is 5.11 Å². The summed E-state index contributed by atoms with van der Waals surface area (Å²) in [4.78, 5) is 0. The molecule has 0 spiro atoms. The second-order valence-electron chi connectivity index (χ2n) is 9.12. The van der Waals surface area contributed by atoms with Crippen LogP contribution in [0.25, 0.3) is 0 Å². The van der Waals surface area contributed by atoms with E-state index < -0.39 is 0 Å². The molecule has 0 aliphatic heterocycles. The van der Waals surface area contributed by atoms with Crippen molar-refractivity contribution in [2.75, 3.05) is 0 Å². The van der Waals surface area contributed by atoms with Crippen molar-refractivity contribution in [1.82, 2.24) is 0 Å². The van der Waals surface area contributed by atoms with E-state index in [9.17, 15) is 10.4 Å². The number of rotatable bonds is 3. The molecule has 0 amide bonds. The van der Waals surface area contributed by atoms with E-state index in [1.807, 2.05) is 24.3 Å². The molecule has 0 fully saturated rings. The van der Waals surface area contributed by atoms with Gasteiger partial charge in [-0.05, 0) is 57.2 Å². The van der Waals surface area contributed by atoms with E-state index in [1.54, 1.807) is 0 Å². The number of nitrogens with zero attached hydrogens (tertiary/aromatic N) is 1. The Bertz CT molecular complexity index is 776. The molecule has 1 N–H and O–H groups in total. The molecule has 2 aromatic carbocycles. The number of nitriles is 1. The molecule has 0 saturated carbocycles. The number of hydrogen-bond donors (Lipinski definition) is 1. The molecule has 0 aliphatic rings. The summed E-state index contributed by atoms with van der Waals surface area (Å²) in [7, 11) is 0. The molecular formula is C24H31NO. The lowest BCUT2D eigenvalue weighted by atomic mass is 9.76. The molecule has 0 radical (unpaired) electrons. The summed E-state index contributed by atoms with van der Waals surface area (Å²) in [6.45, 7) is 14.7. The Morgan fingerprint density at radius 2 is 1.35 bits per heavy atom. The molecule has 1 unspecified atom stereocenters. The first kappa shape index (κ1) is 20.0. The highest BCUT2D eigenvalue weighted by Gasteiger charge is 2.28. The monoisotopic (exact) mass is 349 g/mol. The van der Waals surface area contributed by atoms with Gasteiger partial charge in [-0.2, -0.15) is 5.26 Å². The van der Waals surface area contributed by atoms with E-state index in [-0.39, 0.29) is 16.7 Å². The van der Waals surface area contributed by atoms with Gasteiger partial charge in [-0.1, -0.05) is 72.7 Å². The van der Waals surface area contributed by atoms with Gasteiger partial charge in [0.25, 0.3) is 0 Å². The maximum atomic E-state index is 10.9. The minimum absolute atomic E-state index is 0.202. The zero-order valence-electron chi connectivity index (χ0n) is 17.1. The van der Waals surface area contributed by atoms with Crippen LogP contribution in [0.15, 0.2) is 36.4 Å². The first-order valence-electron chi connectivity index (χ1n) is 9.35. The normalized spacial score (nSPS) is 13.3. The molecule has 2 aromatic rings. The molecule has 0 aromatic heterocycles. The van der Waals surface area contributed by atoms with Crippen LogP contribution in [0.1, 0.15) is 82.2 Å². The number of hydrogen-bond acceptors (Lipinski definition) is 2. The van der Waals surface area contributed by atoms with Gasteiger partial charge >= 0.3 is 0 Å². The Hall–Kier alpha value is -2.27. The Morgan fingerprint density at radius 1 is 0.885 bits per heavy atom. The van der Waals surface area contributed by atoms with Crippen molar-refractivity contribution in [2.45, 2.75) is 71.6 Å². The van der Waals surface area contributed by atoms with Gasteiger partial charge in [-0.3, -0.25) is 0 Å². The van der Waals surface area contributed by atoms with Crippen LogP contribution in [-0.4, -0.2) is 5.11 Å². The number of benzene rings is 2. The number of phenols is 1. The molecule has 26 heavy (non-hydrogen) atoms. The standard InChI is InChI=1S/C24H31NO/c1-8-16-9-11-17(12-10-16)19(15-25)18-13-20(23(2,3)4)22(26)21(14-18)24(5,6)7/h9-14,19,26H,8H2,1-7H3. The minimum atomic E-state index is -0.344. The van der Waals surface area contributed by atoms with Crippen LogP contribution in [0.5, 0.6) is 5.75 Å². The van der Waals surface area contributed by atoms with E-state index in [0.717, 1.165) is 28.7 Å². The van der Waals surface area contributed by atoms with Crippen molar-refractivity contribution in [3.8, 4) is 11.8 Å². The van der Waals surface area contributed by atoms with Crippen LogP contribution in [0.3, 0.4) is 0 Å². The third-order valence-electron chi connectivity index (χ3n) is 4.93. The zero-order chi connectivity index (χ0) is 19.7. The molecule has 2 rings (SSSR count). The summed E-state index contributed by atoms with van der Waals surface area (Å²) in [6.07, 6.45) is 0.985. The summed E-state index contributed by atoms with van der Waals surface area (Å²) in [5, 5.41) is 20.8. The van der Waals surface area contributed by atoms with Crippen molar-refractivity contribution in [1.29, 1.82) is 5.26 Å². The van der Waals surface area contributed by atoms with Crippen LogP contribution >= 0.6 is 0 Å². The molecule has 1 atom stereocenters. The predicted octanol–water partition coefficient (Wildman–Crippen LogP) is 6.21. The Kier molecular flexibility index (Phi) is 5.52. The fourth-order valence-electron chi connectivity index (χ4n) is 3.25. The molecule has 2 heteroatoms. The quantitative estimate of drug-likeness (QED) is 0.716. The number of aryl methyl sites for hydroxylation is 1. The van der Waals surface area contributed by atoms with Crippen molar-refractivity contribution < 1.29 is 5.11 Å². The molecule has 0 heterocycles. The van der Waals surface area contributed by atoms with Gasteiger partial charge in [-0.25, -0.2) is 0 Å². The summed E-state index contributed by atoms with van der Waals surface area (Å²) in [6, 6.07) is 14.8. The van der Waals surface area contributed by atoms with Crippen LogP contribution in [0, 0.1) is 11.3 Å². The van der Waals surface area contributed by atoms with Gasteiger partial charge in [0.1, 0.15) is 5.75 Å².